The van der Waals surface area contributed by atoms with Crippen LogP contribution in [0.2, 0.25) is 0 Å². The zero-order valence-electron chi connectivity index (χ0n) is 10.5. The SMILES string of the molecule is Cc1ccc(Oc2ccc(CCl)cc2C(F)(F)F)cn1. The second-order valence-electron chi connectivity index (χ2n) is 4.20. The molecule has 2 aromatic rings. The third-order valence-electron chi connectivity index (χ3n) is 2.62. The lowest BCUT2D eigenvalue weighted by atomic mass is 10.1. The largest absolute Gasteiger partial charge is 0.455 e. The van der Waals surface area contributed by atoms with E-state index >= 15 is 0 Å². The normalized spacial score (nSPS) is 11.4. The van der Waals surface area contributed by atoms with Gasteiger partial charge in [-0.3, -0.25) is 4.98 Å². The van der Waals surface area contributed by atoms with E-state index < -0.39 is 11.7 Å². The van der Waals surface area contributed by atoms with Crippen LogP contribution in [0.15, 0.2) is 36.5 Å². The highest BCUT2D eigenvalue weighted by molar-refractivity contribution is 6.17. The van der Waals surface area contributed by atoms with Crippen molar-refractivity contribution in [3.05, 3.63) is 53.3 Å². The molecule has 1 aromatic carbocycles. The molecule has 0 saturated heterocycles. The van der Waals surface area contributed by atoms with Gasteiger partial charge in [-0.2, -0.15) is 13.2 Å². The fourth-order valence-corrected chi connectivity index (χ4v) is 1.78. The van der Waals surface area contributed by atoms with Gasteiger partial charge >= 0.3 is 6.18 Å². The number of halogens is 4. The van der Waals surface area contributed by atoms with Crippen LogP contribution in [0.5, 0.6) is 11.5 Å². The first kappa shape index (κ1) is 14.7. The highest BCUT2D eigenvalue weighted by atomic mass is 35.5. The van der Waals surface area contributed by atoms with E-state index in [4.69, 9.17) is 16.3 Å². The lowest BCUT2D eigenvalue weighted by molar-refractivity contribution is -0.138. The number of hydrogen-bond donors (Lipinski definition) is 0. The van der Waals surface area contributed by atoms with Crippen molar-refractivity contribution in [3.8, 4) is 11.5 Å². The van der Waals surface area contributed by atoms with Crippen molar-refractivity contribution < 1.29 is 17.9 Å². The number of aromatic nitrogens is 1. The van der Waals surface area contributed by atoms with E-state index in [1.54, 1.807) is 19.1 Å². The first-order valence-corrected chi connectivity index (χ1v) is 6.30. The molecule has 0 N–H and O–H groups in total. The average Bonchev–Trinajstić information content (AvgIpc) is 2.40. The average molecular weight is 302 g/mol. The summed E-state index contributed by atoms with van der Waals surface area (Å²) >= 11 is 5.56. The van der Waals surface area contributed by atoms with Crippen molar-refractivity contribution in [1.29, 1.82) is 0 Å². The van der Waals surface area contributed by atoms with Gasteiger partial charge in [0.1, 0.15) is 11.5 Å². The second-order valence-corrected chi connectivity index (χ2v) is 4.47. The quantitative estimate of drug-likeness (QED) is 0.749. The van der Waals surface area contributed by atoms with E-state index in [1.165, 1.54) is 18.3 Å². The van der Waals surface area contributed by atoms with Gasteiger partial charge in [0.25, 0.3) is 0 Å². The Balaban J connectivity index is 2.38. The molecule has 0 saturated carbocycles. The van der Waals surface area contributed by atoms with E-state index in [9.17, 15) is 13.2 Å². The summed E-state index contributed by atoms with van der Waals surface area (Å²) in [6, 6.07) is 6.98. The van der Waals surface area contributed by atoms with E-state index in [0.29, 0.717) is 5.56 Å². The molecule has 1 heterocycles. The maximum Gasteiger partial charge on any atom is 0.419 e. The number of aryl methyl sites for hydroxylation is 1. The van der Waals surface area contributed by atoms with Gasteiger partial charge in [-0.05, 0) is 36.8 Å². The van der Waals surface area contributed by atoms with Crippen molar-refractivity contribution >= 4 is 11.6 Å². The van der Waals surface area contributed by atoms with Crippen LogP contribution in [0.4, 0.5) is 13.2 Å². The summed E-state index contributed by atoms with van der Waals surface area (Å²) in [6.45, 7) is 1.78. The van der Waals surface area contributed by atoms with Gasteiger partial charge in [-0.15, -0.1) is 11.6 Å². The standard InChI is InChI=1S/C14H11ClF3NO/c1-9-2-4-11(8-19-9)20-13-5-3-10(7-15)6-12(13)14(16,17)18/h2-6,8H,7H2,1H3. The minimum atomic E-state index is -4.50. The van der Waals surface area contributed by atoms with Crippen LogP contribution in [0.25, 0.3) is 0 Å². The van der Waals surface area contributed by atoms with E-state index in [0.717, 1.165) is 11.8 Å². The first-order chi connectivity index (χ1) is 9.40. The molecule has 2 rings (SSSR count). The summed E-state index contributed by atoms with van der Waals surface area (Å²) in [5, 5.41) is 0. The fraction of sp³-hybridized carbons (Fsp3) is 0.214. The molecule has 20 heavy (non-hydrogen) atoms. The maximum absolute atomic E-state index is 13.0. The van der Waals surface area contributed by atoms with Gasteiger partial charge in [0.05, 0.1) is 11.8 Å². The molecule has 0 bridgehead atoms. The van der Waals surface area contributed by atoms with Crippen LogP contribution in [-0.4, -0.2) is 4.98 Å². The topological polar surface area (TPSA) is 22.1 Å². The summed E-state index contributed by atoms with van der Waals surface area (Å²) in [5.74, 6) is -0.00753. The van der Waals surface area contributed by atoms with Crippen molar-refractivity contribution in [2.75, 3.05) is 0 Å². The second kappa shape index (κ2) is 5.71. The van der Waals surface area contributed by atoms with Crippen LogP contribution in [-0.2, 0) is 12.1 Å². The number of nitrogens with zero attached hydrogens (tertiary/aromatic N) is 1. The molecular formula is C14H11ClF3NO. The molecule has 0 aliphatic carbocycles. The molecule has 0 atom stereocenters. The molecule has 6 heteroatoms. The molecule has 0 aliphatic heterocycles. The van der Waals surface area contributed by atoms with Gasteiger partial charge in [-0.25, -0.2) is 0 Å². The van der Waals surface area contributed by atoms with Crippen LogP contribution in [0, 0.1) is 6.92 Å². The first-order valence-electron chi connectivity index (χ1n) is 5.77. The zero-order valence-corrected chi connectivity index (χ0v) is 11.3. The Morgan fingerprint density at radius 1 is 1.20 bits per heavy atom. The minimum Gasteiger partial charge on any atom is -0.455 e. The van der Waals surface area contributed by atoms with Gasteiger partial charge in [0.2, 0.25) is 0 Å². The number of pyridine rings is 1. The van der Waals surface area contributed by atoms with Crippen LogP contribution in [0.1, 0.15) is 16.8 Å². The summed E-state index contributed by atoms with van der Waals surface area (Å²) in [5.41, 5.74) is 0.287. The number of ether oxygens (including phenoxy) is 1. The van der Waals surface area contributed by atoms with E-state index in [2.05, 4.69) is 4.98 Å². The van der Waals surface area contributed by atoms with E-state index in [-0.39, 0.29) is 17.4 Å². The Morgan fingerprint density at radius 2 is 1.95 bits per heavy atom. The van der Waals surface area contributed by atoms with E-state index in [1.807, 2.05) is 0 Å². The van der Waals surface area contributed by atoms with Crippen LogP contribution in [0.3, 0.4) is 0 Å². The highest BCUT2D eigenvalue weighted by Crippen LogP contribution is 2.38. The molecule has 0 fully saturated rings. The molecule has 0 spiro atoms. The third-order valence-corrected chi connectivity index (χ3v) is 2.92. The Morgan fingerprint density at radius 3 is 2.50 bits per heavy atom. The molecule has 1 aromatic heterocycles. The van der Waals surface area contributed by atoms with Gasteiger partial charge in [0.15, 0.2) is 0 Å². The van der Waals surface area contributed by atoms with Crippen molar-refractivity contribution in [3.63, 3.8) is 0 Å². The molecule has 106 valence electrons. The van der Waals surface area contributed by atoms with Gasteiger partial charge < -0.3 is 4.74 Å². The Labute approximate surface area is 119 Å². The predicted molar refractivity (Wildman–Crippen MR) is 70.0 cm³/mol. The molecule has 0 amide bonds. The third kappa shape index (κ3) is 3.42. The highest BCUT2D eigenvalue weighted by Gasteiger charge is 2.34. The van der Waals surface area contributed by atoms with Gasteiger partial charge in [0, 0.05) is 11.6 Å². The van der Waals surface area contributed by atoms with Crippen LogP contribution >= 0.6 is 11.6 Å². The number of rotatable bonds is 3. The molecule has 2 nitrogen and oxygen atoms in total. The monoisotopic (exact) mass is 301 g/mol. The zero-order chi connectivity index (χ0) is 14.8. The molecule has 0 radical (unpaired) electrons. The van der Waals surface area contributed by atoms with Crippen molar-refractivity contribution in [2.45, 2.75) is 19.0 Å². The minimum absolute atomic E-state index is 0.00937. The van der Waals surface area contributed by atoms with Gasteiger partial charge in [-0.1, -0.05) is 6.07 Å². The lowest BCUT2D eigenvalue weighted by Gasteiger charge is -2.14. The molecule has 0 unspecified atom stereocenters. The molecular weight excluding hydrogens is 291 g/mol. The Hall–Kier alpha value is -1.75. The Kier molecular flexibility index (Phi) is 4.18. The maximum atomic E-state index is 13.0. The summed E-state index contributed by atoms with van der Waals surface area (Å²) < 4.78 is 44.2. The summed E-state index contributed by atoms with van der Waals surface area (Å²) in [4.78, 5) is 3.97. The van der Waals surface area contributed by atoms with Crippen LogP contribution < -0.4 is 4.74 Å². The summed E-state index contributed by atoms with van der Waals surface area (Å²) in [7, 11) is 0. The fourth-order valence-electron chi connectivity index (χ4n) is 1.61. The lowest BCUT2D eigenvalue weighted by Crippen LogP contribution is -2.08. The Bertz CT molecular complexity index is 596. The molecule has 0 aliphatic rings. The smallest absolute Gasteiger partial charge is 0.419 e. The number of alkyl halides is 4. The van der Waals surface area contributed by atoms with Crippen molar-refractivity contribution in [1.82, 2.24) is 4.98 Å². The van der Waals surface area contributed by atoms with Crippen molar-refractivity contribution in [2.24, 2.45) is 0 Å². The predicted octanol–water partition coefficient (Wildman–Crippen LogP) is 4.94. The summed E-state index contributed by atoms with van der Waals surface area (Å²) in [6.07, 6.45) is -3.12. The number of benzene rings is 1. The number of hydrogen-bond acceptors (Lipinski definition) is 2.